The lowest BCUT2D eigenvalue weighted by molar-refractivity contribution is 0.0696. The van der Waals surface area contributed by atoms with Crippen molar-refractivity contribution in [2.24, 2.45) is 5.10 Å². The number of nitrogens with one attached hydrogen (secondary N) is 2. The van der Waals surface area contributed by atoms with Crippen LogP contribution in [0.25, 0.3) is 0 Å². The number of aromatic nitrogens is 1. The summed E-state index contributed by atoms with van der Waals surface area (Å²) in [6.07, 6.45) is 4.47. The second-order valence-corrected chi connectivity index (χ2v) is 5.06. The Morgan fingerprint density at radius 2 is 2.08 bits per heavy atom. The zero-order valence-electron chi connectivity index (χ0n) is 13.8. The Labute approximate surface area is 148 Å². The first-order chi connectivity index (χ1) is 12.7. The second kappa shape index (κ2) is 7.84. The fourth-order valence-corrected chi connectivity index (χ4v) is 2.09. The van der Waals surface area contributed by atoms with Crippen molar-refractivity contribution in [3.05, 3.63) is 71.9 Å². The number of esters is 1. The average molecular weight is 353 g/mol. The van der Waals surface area contributed by atoms with Crippen molar-refractivity contribution >= 4 is 18.1 Å². The Bertz CT molecular complexity index is 914. The number of hydrogen-bond donors (Lipinski definition) is 2. The highest BCUT2D eigenvalue weighted by molar-refractivity contribution is 5.93. The van der Waals surface area contributed by atoms with Crippen molar-refractivity contribution in [3.63, 3.8) is 0 Å². The number of carbonyl (C=O) groups is 2. The molecule has 2 aromatic heterocycles. The first kappa shape index (κ1) is 17.0. The zero-order valence-corrected chi connectivity index (χ0v) is 13.8. The minimum Gasteiger partial charge on any atom is -0.493 e. The summed E-state index contributed by atoms with van der Waals surface area (Å²) in [6, 6.07) is 11.3. The summed E-state index contributed by atoms with van der Waals surface area (Å²) in [6.45, 7) is 0. The summed E-state index contributed by atoms with van der Waals surface area (Å²) in [5.41, 5.74) is 3.44. The lowest BCUT2D eigenvalue weighted by Crippen LogP contribution is -2.17. The third-order valence-corrected chi connectivity index (χ3v) is 3.33. The first-order valence-electron chi connectivity index (χ1n) is 7.58. The third kappa shape index (κ3) is 3.99. The third-order valence-electron chi connectivity index (χ3n) is 3.33. The minimum absolute atomic E-state index is 0.0877. The van der Waals surface area contributed by atoms with Crippen LogP contribution in [0.1, 0.15) is 26.6 Å². The Morgan fingerprint density at radius 1 is 1.19 bits per heavy atom. The van der Waals surface area contributed by atoms with Crippen molar-refractivity contribution in [3.8, 4) is 11.5 Å². The predicted octanol–water partition coefficient (Wildman–Crippen LogP) is 2.60. The zero-order chi connectivity index (χ0) is 18.4. The van der Waals surface area contributed by atoms with Crippen LogP contribution in [0.3, 0.4) is 0 Å². The van der Waals surface area contributed by atoms with Gasteiger partial charge in [0.15, 0.2) is 11.5 Å². The van der Waals surface area contributed by atoms with Gasteiger partial charge in [-0.2, -0.15) is 5.10 Å². The van der Waals surface area contributed by atoms with Crippen LogP contribution in [-0.4, -0.2) is 30.2 Å². The van der Waals surface area contributed by atoms with Crippen molar-refractivity contribution in [1.82, 2.24) is 10.4 Å². The number of ether oxygens (including phenoxy) is 2. The van der Waals surface area contributed by atoms with Crippen molar-refractivity contribution in [2.45, 2.75) is 0 Å². The monoisotopic (exact) mass is 353 g/mol. The van der Waals surface area contributed by atoms with Crippen molar-refractivity contribution in [2.75, 3.05) is 7.11 Å². The maximum Gasteiger partial charge on any atom is 0.379 e. The smallest absolute Gasteiger partial charge is 0.379 e. The van der Waals surface area contributed by atoms with Gasteiger partial charge in [0.05, 0.1) is 19.6 Å². The van der Waals surface area contributed by atoms with E-state index in [1.807, 2.05) is 0 Å². The first-order valence-corrected chi connectivity index (χ1v) is 7.58. The fraction of sp³-hybridized carbons (Fsp3) is 0.0556. The van der Waals surface area contributed by atoms with E-state index in [2.05, 4.69) is 15.5 Å². The molecule has 0 aliphatic carbocycles. The molecule has 0 radical (unpaired) electrons. The predicted molar refractivity (Wildman–Crippen MR) is 92.5 cm³/mol. The molecule has 0 saturated heterocycles. The minimum atomic E-state index is -0.632. The van der Waals surface area contributed by atoms with Gasteiger partial charge < -0.3 is 18.9 Å². The molecule has 2 N–H and O–H groups in total. The molecule has 0 fully saturated rings. The quantitative estimate of drug-likeness (QED) is 0.307. The number of rotatable bonds is 6. The van der Waals surface area contributed by atoms with Crippen LogP contribution in [0.5, 0.6) is 11.5 Å². The van der Waals surface area contributed by atoms with Gasteiger partial charge in [-0.1, -0.05) is 0 Å². The molecule has 26 heavy (non-hydrogen) atoms. The largest absolute Gasteiger partial charge is 0.493 e. The van der Waals surface area contributed by atoms with E-state index in [-0.39, 0.29) is 17.4 Å². The van der Waals surface area contributed by atoms with E-state index in [0.29, 0.717) is 17.0 Å². The normalized spacial score (nSPS) is 10.7. The summed E-state index contributed by atoms with van der Waals surface area (Å²) < 4.78 is 15.5. The molecular formula is C18H15N3O5. The van der Waals surface area contributed by atoms with Crippen LogP contribution in [0.4, 0.5) is 0 Å². The molecule has 1 aromatic carbocycles. The Morgan fingerprint density at radius 3 is 2.77 bits per heavy atom. The van der Waals surface area contributed by atoms with Crippen LogP contribution in [0, 0.1) is 0 Å². The number of furan rings is 1. The maximum absolute atomic E-state index is 11.9. The van der Waals surface area contributed by atoms with Crippen LogP contribution in [-0.2, 0) is 0 Å². The number of amides is 1. The van der Waals surface area contributed by atoms with Gasteiger partial charge in [0, 0.05) is 6.20 Å². The molecule has 0 aliphatic rings. The van der Waals surface area contributed by atoms with E-state index in [1.165, 1.54) is 25.7 Å². The summed E-state index contributed by atoms with van der Waals surface area (Å²) in [4.78, 5) is 26.5. The van der Waals surface area contributed by atoms with Crippen molar-refractivity contribution < 1.29 is 23.5 Å². The fourth-order valence-electron chi connectivity index (χ4n) is 2.09. The van der Waals surface area contributed by atoms with E-state index in [4.69, 9.17) is 13.9 Å². The molecule has 0 spiro atoms. The standard InChI is InChI=1S/C18H15N3O5/c1-24-16-10-12(11-20-21-17(22)13-4-2-8-19-13)6-7-14(16)26-18(23)15-5-3-9-25-15/h2-11,19H,1H3,(H,21,22)/b20-11-. The number of hydrogen-bond acceptors (Lipinski definition) is 6. The van der Waals surface area contributed by atoms with Gasteiger partial charge in [-0.3, -0.25) is 4.79 Å². The van der Waals surface area contributed by atoms with E-state index >= 15 is 0 Å². The van der Waals surface area contributed by atoms with Gasteiger partial charge in [-0.05, 0) is 48.0 Å². The molecule has 2 heterocycles. The van der Waals surface area contributed by atoms with E-state index < -0.39 is 5.97 Å². The molecule has 8 heteroatoms. The van der Waals surface area contributed by atoms with Crippen LogP contribution in [0.2, 0.25) is 0 Å². The molecule has 0 unspecified atom stereocenters. The SMILES string of the molecule is COc1cc(/C=N\NC(=O)c2ccc[nH]2)ccc1OC(=O)c1ccco1. The molecule has 3 rings (SSSR count). The number of aromatic amines is 1. The van der Waals surface area contributed by atoms with Crippen LogP contribution >= 0.6 is 0 Å². The van der Waals surface area contributed by atoms with Gasteiger partial charge in [0.25, 0.3) is 5.91 Å². The summed E-state index contributed by atoms with van der Waals surface area (Å²) >= 11 is 0. The van der Waals surface area contributed by atoms with E-state index in [0.717, 1.165) is 0 Å². The average Bonchev–Trinajstić information content (AvgIpc) is 3.36. The van der Waals surface area contributed by atoms with Gasteiger partial charge >= 0.3 is 5.97 Å². The Balaban J connectivity index is 1.67. The highest BCUT2D eigenvalue weighted by Gasteiger charge is 2.14. The highest BCUT2D eigenvalue weighted by Crippen LogP contribution is 2.28. The number of carbonyl (C=O) groups excluding carboxylic acids is 2. The van der Waals surface area contributed by atoms with E-state index in [9.17, 15) is 9.59 Å². The topological polar surface area (TPSA) is 106 Å². The van der Waals surface area contributed by atoms with Gasteiger partial charge in [-0.15, -0.1) is 0 Å². The number of H-pyrrole nitrogens is 1. The molecule has 1 amide bonds. The summed E-state index contributed by atoms with van der Waals surface area (Å²) in [5.74, 6) is -0.328. The number of methoxy groups -OCH3 is 1. The number of nitrogens with zero attached hydrogens (tertiary/aromatic N) is 1. The number of hydrazone groups is 1. The van der Waals surface area contributed by atoms with Crippen LogP contribution in [0.15, 0.2) is 64.4 Å². The summed E-state index contributed by atoms with van der Waals surface area (Å²) in [5, 5.41) is 3.88. The molecular weight excluding hydrogens is 338 g/mol. The lowest BCUT2D eigenvalue weighted by atomic mass is 10.2. The Hall–Kier alpha value is -3.81. The van der Waals surface area contributed by atoms with Gasteiger partial charge in [0.2, 0.25) is 5.76 Å². The molecule has 0 aliphatic heterocycles. The molecule has 132 valence electrons. The molecule has 0 atom stereocenters. The highest BCUT2D eigenvalue weighted by atomic mass is 16.6. The second-order valence-electron chi connectivity index (χ2n) is 5.06. The molecule has 0 bridgehead atoms. The van der Waals surface area contributed by atoms with Gasteiger partial charge in [-0.25, -0.2) is 10.2 Å². The summed E-state index contributed by atoms with van der Waals surface area (Å²) in [7, 11) is 1.45. The van der Waals surface area contributed by atoms with Crippen molar-refractivity contribution in [1.29, 1.82) is 0 Å². The van der Waals surface area contributed by atoms with E-state index in [1.54, 1.807) is 42.6 Å². The molecule has 8 nitrogen and oxygen atoms in total. The molecule has 3 aromatic rings. The maximum atomic E-state index is 11.9. The molecule has 0 saturated carbocycles. The number of benzene rings is 1. The van der Waals surface area contributed by atoms with Gasteiger partial charge in [0.1, 0.15) is 5.69 Å². The Kier molecular flexibility index (Phi) is 5.14. The lowest BCUT2D eigenvalue weighted by Gasteiger charge is -2.08. The van der Waals surface area contributed by atoms with Crippen LogP contribution < -0.4 is 14.9 Å².